The Bertz CT molecular complexity index is 983. The van der Waals surface area contributed by atoms with Gasteiger partial charge in [0.05, 0.1) is 16.3 Å². The minimum absolute atomic E-state index is 0.174. The van der Waals surface area contributed by atoms with Crippen molar-refractivity contribution in [3.63, 3.8) is 0 Å². The summed E-state index contributed by atoms with van der Waals surface area (Å²) in [5.41, 5.74) is 0.619. The average molecular weight is 428 g/mol. The molecule has 0 aromatic carbocycles. The molecule has 3 aromatic heterocycles. The summed E-state index contributed by atoms with van der Waals surface area (Å²) in [6, 6.07) is 5.44. The number of ether oxygens (including phenoxy) is 1. The summed E-state index contributed by atoms with van der Waals surface area (Å²) in [7, 11) is -1.25. The Morgan fingerprint density at radius 1 is 1.18 bits per heavy atom. The Morgan fingerprint density at radius 3 is 2.61 bits per heavy atom. The Morgan fingerprint density at radius 2 is 1.93 bits per heavy atom. The highest BCUT2D eigenvalue weighted by molar-refractivity contribution is 6.76. The predicted octanol–water partition coefficient (Wildman–Crippen LogP) is 6.08. The second-order valence-corrected chi connectivity index (χ2v) is 13.8. The van der Waals surface area contributed by atoms with E-state index in [2.05, 4.69) is 29.6 Å². The summed E-state index contributed by atoms with van der Waals surface area (Å²) in [6.07, 6.45) is -0.691. The van der Waals surface area contributed by atoms with Crippen LogP contribution in [0.4, 0.5) is 13.2 Å². The number of fused-ring (bicyclic) bond motifs is 1. The topological polar surface area (TPSA) is 39.9 Å². The summed E-state index contributed by atoms with van der Waals surface area (Å²) in [4.78, 5) is 8.12. The molecule has 4 nitrogen and oxygen atoms in total. The van der Waals surface area contributed by atoms with Crippen LogP contribution in [0.25, 0.3) is 22.3 Å². The molecule has 3 heterocycles. The van der Waals surface area contributed by atoms with Crippen LogP contribution in [-0.2, 0) is 17.6 Å². The van der Waals surface area contributed by atoms with Crippen molar-refractivity contribution in [2.45, 2.75) is 38.6 Å². The SMILES string of the molecule is C[Si](C)(C)CCOCn1c(-c2cncc(C(F)(F)F)c2)cc2c(Cl)ccnc21. The van der Waals surface area contributed by atoms with E-state index < -0.39 is 19.8 Å². The number of halogens is 4. The zero-order valence-corrected chi connectivity index (χ0v) is 17.6. The van der Waals surface area contributed by atoms with Gasteiger partial charge in [-0.1, -0.05) is 31.2 Å². The fourth-order valence-electron chi connectivity index (χ4n) is 2.76. The van der Waals surface area contributed by atoms with Gasteiger partial charge in [-0.25, -0.2) is 4.98 Å². The molecule has 0 N–H and O–H groups in total. The van der Waals surface area contributed by atoms with Crippen LogP contribution in [0, 0.1) is 0 Å². The first-order valence-corrected chi connectivity index (χ1v) is 12.9. The van der Waals surface area contributed by atoms with E-state index in [1.165, 1.54) is 6.20 Å². The highest BCUT2D eigenvalue weighted by atomic mass is 35.5. The first-order chi connectivity index (χ1) is 13.1. The number of rotatable bonds is 6. The molecule has 28 heavy (non-hydrogen) atoms. The summed E-state index contributed by atoms with van der Waals surface area (Å²) < 4.78 is 46.9. The van der Waals surface area contributed by atoms with Crippen LogP contribution in [0.5, 0.6) is 0 Å². The summed E-state index contributed by atoms with van der Waals surface area (Å²) in [6.45, 7) is 7.51. The molecule has 0 radical (unpaired) electrons. The van der Waals surface area contributed by atoms with E-state index in [9.17, 15) is 13.2 Å². The minimum atomic E-state index is -4.47. The molecule has 0 bridgehead atoms. The van der Waals surface area contributed by atoms with E-state index in [0.717, 1.165) is 18.3 Å². The van der Waals surface area contributed by atoms with Gasteiger partial charge in [0, 0.05) is 44.2 Å². The number of hydrogen-bond acceptors (Lipinski definition) is 3. The molecule has 0 aliphatic carbocycles. The van der Waals surface area contributed by atoms with Gasteiger partial charge in [0.1, 0.15) is 12.4 Å². The van der Waals surface area contributed by atoms with Gasteiger partial charge >= 0.3 is 6.18 Å². The van der Waals surface area contributed by atoms with Crippen LogP contribution in [-0.4, -0.2) is 29.2 Å². The second-order valence-electron chi connectivity index (χ2n) is 7.80. The van der Waals surface area contributed by atoms with Crippen LogP contribution in [0.2, 0.25) is 30.7 Å². The molecule has 0 atom stereocenters. The van der Waals surface area contributed by atoms with Gasteiger partial charge < -0.3 is 9.30 Å². The third-order valence-electron chi connectivity index (χ3n) is 4.32. The maximum Gasteiger partial charge on any atom is 0.417 e. The number of alkyl halides is 3. The lowest BCUT2D eigenvalue weighted by molar-refractivity contribution is -0.137. The normalized spacial score (nSPS) is 12.7. The highest BCUT2D eigenvalue weighted by Gasteiger charge is 2.31. The standard InChI is InChI=1S/C19H21ClF3N3OSi/c1-28(2,3)7-6-27-12-26-17(9-15-16(20)4-5-25-18(15)26)13-8-14(11-24-10-13)19(21,22)23/h4-5,8-11H,6-7,12H2,1-3H3. The minimum Gasteiger partial charge on any atom is -0.361 e. The lowest BCUT2D eigenvalue weighted by atomic mass is 10.1. The monoisotopic (exact) mass is 427 g/mol. The molecule has 0 aliphatic heterocycles. The van der Waals surface area contributed by atoms with E-state index >= 15 is 0 Å². The lowest BCUT2D eigenvalue weighted by Gasteiger charge is -2.17. The van der Waals surface area contributed by atoms with Crippen LogP contribution in [0.15, 0.2) is 36.8 Å². The molecule has 3 rings (SSSR count). The Kier molecular flexibility index (Phi) is 5.83. The fourth-order valence-corrected chi connectivity index (χ4v) is 3.71. The zero-order valence-electron chi connectivity index (χ0n) is 15.8. The van der Waals surface area contributed by atoms with Gasteiger partial charge in [-0.2, -0.15) is 13.2 Å². The number of nitrogens with zero attached hydrogens (tertiary/aromatic N) is 3. The molecule has 3 aromatic rings. The van der Waals surface area contributed by atoms with Crippen LogP contribution in [0.3, 0.4) is 0 Å². The maximum absolute atomic E-state index is 13.1. The molecule has 0 amide bonds. The van der Waals surface area contributed by atoms with Gasteiger partial charge in [0.15, 0.2) is 0 Å². The van der Waals surface area contributed by atoms with Crippen LogP contribution in [0.1, 0.15) is 5.56 Å². The van der Waals surface area contributed by atoms with Crippen molar-refractivity contribution in [1.29, 1.82) is 0 Å². The summed E-state index contributed by atoms with van der Waals surface area (Å²) in [5.74, 6) is 0. The van der Waals surface area contributed by atoms with Crippen molar-refractivity contribution in [3.05, 3.63) is 47.4 Å². The van der Waals surface area contributed by atoms with Crippen molar-refractivity contribution >= 4 is 30.7 Å². The smallest absolute Gasteiger partial charge is 0.361 e. The molecular formula is C19H21ClF3N3OSi. The second kappa shape index (κ2) is 7.85. The summed E-state index contributed by atoms with van der Waals surface area (Å²) in [5, 5.41) is 1.14. The van der Waals surface area contributed by atoms with E-state index in [1.807, 2.05) is 0 Å². The van der Waals surface area contributed by atoms with E-state index in [4.69, 9.17) is 16.3 Å². The Hall–Kier alpha value is -1.90. The lowest BCUT2D eigenvalue weighted by Crippen LogP contribution is -2.22. The van der Waals surface area contributed by atoms with Crippen molar-refractivity contribution in [3.8, 4) is 11.3 Å². The van der Waals surface area contributed by atoms with Gasteiger partial charge in [-0.3, -0.25) is 4.98 Å². The van der Waals surface area contributed by atoms with Gasteiger partial charge in [-0.15, -0.1) is 0 Å². The molecule has 0 fully saturated rings. The third-order valence-corrected chi connectivity index (χ3v) is 6.36. The highest BCUT2D eigenvalue weighted by Crippen LogP contribution is 2.34. The quantitative estimate of drug-likeness (QED) is 0.353. The zero-order chi connectivity index (χ0) is 20.5. The molecule has 0 saturated heterocycles. The first kappa shape index (κ1) is 20.8. The van der Waals surface area contributed by atoms with Crippen molar-refractivity contribution in [1.82, 2.24) is 14.5 Å². The number of hydrogen-bond donors (Lipinski definition) is 0. The number of pyridine rings is 2. The molecule has 0 unspecified atom stereocenters. The van der Waals surface area contributed by atoms with Crippen molar-refractivity contribution < 1.29 is 17.9 Å². The maximum atomic E-state index is 13.1. The van der Waals surface area contributed by atoms with Gasteiger partial charge in [0.25, 0.3) is 0 Å². The van der Waals surface area contributed by atoms with E-state index in [1.54, 1.807) is 22.9 Å². The number of aromatic nitrogens is 3. The van der Waals surface area contributed by atoms with Crippen LogP contribution < -0.4 is 0 Å². The molecule has 0 saturated carbocycles. The first-order valence-electron chi connectivity index (χ1n) is 8.80. The van der Waals surface area contributed by atoms with E-state index in [0.29, 0.717) is 33.9 Å². The van der Waals surface area contributed by atoms with E-state index in [-0.39, 0.29) is 6.73 Å². The molecule has 0 spiro atoms. The summed E-state index contributed by atoms with van der Waals surface area (Å²) >= 11 is 6.27. The third kappa shape index (κ3) is 4.74. The van der Waals surface area contributed by atoms with Crippen molar-refractivity contribution in [2.24, 2.45) is 0 Å². The molecule has 150 valence electrons. The predicted molar refractivity (Wildman–Crippen MR) is 107 cm³/mol. The van der Waals surface area contributed by atoms with Gasteiger partial charge in [-0.05, 0) is 24.2 Å². The molecule has 0 aliphatic rings. The average Bonchev–Trinajstić information content (AvgIpc) is 2.97. The molecular weight excluding hydrogens is 407 g/mol. The van der Waals surface area contributed by atoms with Crippen molar-refractivity contribution in [2.75, 3.05) is 6.61 Å². The van der Waals surface area contributed by atoms with Crippen LogP contribution >= 0.6 is 11.6 Å². The fraction of sp³-hybridized carbons (Fsp3) is 0.368. The largest absolute Gasteiger partial charge is 0.417 e. The Balaban J connectivity index is 2.01. The van der Waals surface area contributed by atoms with Gasteiger partial charge in [0.2, 0.25) is 0 Å². The molecule has 9 heteroatoms. The Labute approximate surface area is 167 Å².